The fourth-order valence-electron chi connectivity index (χ4n) is 2.32. The third-order valence-electron chi connectivity index (χ3n) is 3.55. The van der Waals surface area contributed by atoms with Gasteiger partial charge in [0.05, 0.1) is 12.8 Å². The zero-order valence-electron chi connectivity index (χ0n) is 14.4. The van der Waals surface area contributed by atoms with E-state index in [9.17, 15) is 4.79 Å². The van der Waals surface area contributed by atoms with Crippen molar-refractivity contribution in [3.8, 4) is 5.88 Å². The molecule has 0 saturated heterocycles. The quantitative estimate of drug-likeness (QED) is 0.807. The molecule has 6 nitrogen and oxygen atoms in total. The third kappa shape index (κ3) is 6.44. The lowest BCUT2D eigenvalue weighted by atomic mass is 10.2. The smallest absolute Gasteiger partial charge is 0.407 e. The lowest BCUT2D eigenvalue weighted by Gasteiger charge is -2.24. The van der Waals surface area contributed by atoms with E-state index < -0.39 is 5.60 Å². The number of rotatable bonds is 7. The van der Waals surface area contributed by atoms with E-state index in [1.54, 1.807) is 7.11 Å². The van der Waals surface area contributed by atoms with Gasteiger partial charge in [-0.2, -0.15) is 0 Å². The highest BCUT2D eigenvalue weighted by molar-refractivity contribution is 5.68. The van der Waals surface area contributed by atoms with E-state index in [0.717, 1.165) is 18.5 Å². The number of aromatic nitrogens is 1. The van der Waals surface area contributed by atoms with Gasteiger partial charge in [-0.1, -0.05) is 6.07 Å². The molecule has 1 aromatic rings. The molecule has 1 saturated carbocycles. The average Bonchev–Trinajstić information content (AvgIpc) is 3.29. The first-order valence-corrected chi connectivity index (χ1v) is 8.07. The topological polar surface area (TPSA) is 72.5 Å². The van der Waals surface area contributed by atoms with Gasteiger partial charge in [-0.15, -0.1) is 0 Å². The Labute approximate surface area is 138 Å². The van der Waals surface area contributed by atoms with Gasteiger partial charge in [-0.25, -0.2) is 9.78 Å². The molecule has 1 amide bonds. The molecule has 1 fully saturated rings. The molecular weight excluding hydrogens is 294 g/mol. The number of carbonyl (C=O) groups excluding carboxylic acids is 1. The van der Waals surface area contributed by atoms with Crippen LogP contribution in [-0.4, -0.2) is 36.4 Å². The molecule has 2 rings (SSSR count). The molecule has 1 aromatic heterocycles. The van der Waals surface area contributed by atoms with Gasteiger partial charge in [-0.05, 0) is 45.6 Å². The highest BCUT2D eigenvalue weighted by Crippen LogP contribution is 2.32. The number of nitrogens with one attached hydrogen (secondary N) is 2. The molecule has 0 spiro atoms. The molecule has 6 heteroatoms. The Morgan fingerprint density at radius 2 is 2.13 bits per heavy atom. The zero-order chi connectivity index (χ0) is 16.9. The van der Waals surface area contributed by atoms with Gasteiger partial charge >= 0.3 is 6.09 Å². The van der Waals surface area contributed by atoms with Gasteiger partial charge < -0.3 is 20.1 Å². The third-order valence-corrected chi connectivity index (χ3v) is 3.55. The summed E-state index contributed by atoms with van der Waals surface area (Å²) in [5, 5.41) is 6.33. The average molecular weight is 321 g/mol. The standard InChI is InChI=1S/C17H27N3O3/c1-17(2,3)23-16(21)20-14(12-8-9-12)11-18-10-13-6-5-7-15(19-13)22-4/h5-7,12,14,18H,8-11H2,1-4H3,(H,20,21). The normalized spacial score (nSPS) is 15.8. The number of hydrogen-bond acceptors (Lipinski definition) is 5. The Kier molecular flexibility index (Phi) is 5.82. The van der Waals surface area contributed by atoms with Crippen molar-refractivity contribution in [2.45, 2.75) is 51.8 Å². The van der Waals surface area contributed by atoms with Gasteiger partial charge in [-0.3, -0.25) is 0 Å². The molecule has 1 atom stereocenters. The van der Waals surface area contributed by atoms with Crippen molar-refractivity contribution in [1.29, 1.82) is 0 Å². The molecule has 1 unspecified atom stereocenters. The number of ether oxygens (including phenoxy) is 2. The van der Waals surface area contributed by atoms with Crippen molar-refractivity contribution >= 4 is 6.09 Å². The van der Waals surface area contributed by atoms with Crippen LogP contribution in [0.15, 0.2) is 18.2 Å². The van der Waals surface area contributed by atoms with Crippen molar-refractivity contribution in [2.75, 3.05) is 13.7 Å². The van der Waals surface area contributed by atoms with Gasteiger partial charge in [0, 0.05) is 25.2 Å². The molecule has 0 aliphatic heterocycles. The summed E-state index contributed by atoms with van der Waals surface area (Å²) in [4.78, 5) is 16.3. The van der Waals surface area contributed by atoms with Crippen LogP contribution in [-0.2, 0) is 11.3 Å². The van der Waals surface area contributed by atoms with Crippen molar-refractivity contribution in [2.24, 2.45) is 5.92 Å². The number of alkyl carbamates (subject to hydrolysis) is 1. The molecule has 1 aliphatic carbocycles. The highest BCUT2D eigenvalue weighted by atomic mass is 16.6. The number of carbonyl (C=O) groups is 1. The van der Waals surface area contributed by atoms with Crippen LogP contribution in [0.25, 0.3) is 0 Å². The van der Waals surface area contributed by atoms with Crippen molar-refractivity contribution < 1.29 is 14.3 Å². The molecule has 0 bridgehead atoms. The Hall–Kier alpha value is -1.82. The maximum Gasteiger partial charge on any atom is 0.407 e. The van der Waals surface area contributed by atoms with E-state index in [1.807, 2.05) is 39.0 Å². The van der Waals surface area contributed by atoms with Crippen molar-refractivity contribution in [3.63, 3.8) is 0 Å². The maximum atomic E-state index is 11.9. The summed E-state index contributed by atoms with van der Waals surface area (Å²) in [6.07, 6.45) is 1.95. The molecule has 0 radical (unpaired) electrons. The summed E-state index contributed by atoms with van der Waals surface area (Å²) in [6, 6.07) is 5.78. The minimum Gasteiger partial charge on any atom is -0.481 e. The van der Waals surface area contributed by atoms with E-state index in [4.69, 9.17) is 9.47 Å². The van der Waals surface area contributed by atoms with E-state index in [0.29, 0.717) is 24.9 Å². The second-order valence-electron chi connectivity index (χ2n) is 6.89. The van der Waals surface area contributed by atoms with Gasteiger partial charge in [0.15, 0.2) is 0 Å². The van der Waals surface area contributed by atoms with Gasteiger partial charge in [0.2, 0.25) is 5.88 Å². The van der Waals surface area contributed by atoms with Gasteiger partial charge in [0.1, 0.15) is 5.60 Å². The molecule has 128 valence electrons. The first-order valence-electron chi connectivity index (χ1n) is 8.07. The number of methoxy groups -OCH3 is 1. The summed E-state index contributed by atoms with van der Waals surface area (Å²) < 4.78 is 10.5. The second kappa shape index (κ2) is 7.64. The van der Waals surface area contributed by atoms with E-state index >= 15 is 0 Å². The van der Waals surface area contributed by atoms with Crippen LogP contribution in [0.4, 0.5) is 4.79 Å². The summed E-state index contributed by atoms with van der Waals surface area (Å²) in [5.41, 5.74) is 0.437. The largest absolute Gasteiger partial charge is 0.481 e. The monoisotopic (exact) mass is 321 g/mol. The zero-order valence-corrected chi connectivity index (χ0v) is 14.4. The number of amides is 1. The summed E-state index contributed by atoms with van der Waals surface area (Å²) in [6.45, 7) is 6.93. The maximum absolute atomic E-state index is 11.9. The van der Waals surface area contributed by atoms with Crippen molar-refractivity contribution in [1.82, 2.24) is 15.6 Å². The van der Waals surface area contributed by atoms with Crippen LogP contribution >= 0.6 is 0 Å². The van der Waals surface area contributed by atoms with Crippen LogP contribution in [0.1, 0.15) is 39.3 Å². The highest BCUT2D eigenvalue weighted by Gasteiger charge is 2.33. The number of hydrogen-bond donors (Lipinski definition) is 2. The lowest BCUT2D eigenvalue weighted by molar-refractivity contribution is 0.0497. The van der Waals surface area contributed by atoms with E-state index in [2.05, 4.69) is 15.6 Å². The number of nitrogens with zero attached hydrogens (tertiary/aromatic N) is 1. The van der Waals surface area contributed by atoms with Crippen LogP contribution in [0.3, 0.4) is 0 Å². The van der Waals surface area contributed by atoms with Crippen LogP contribution in [0.5, 0.6) is 5.88 Å². The lowest BCUT2D eigenvalue weighted by Crippen LogP contribution is -2.45. The van der Waals surface area contributed by atoms with Crippen molar-refractivity contribution in [3.05, 3.63) is 23.9 Å². The predicted octanol–water partition coefficient (Wildman–Crippen LogP) is 2.48. The van der Waals surface area contributed by atoms with E-state index in [-0.39, 0.29) is 12.1 Å². The Balaban J connectivity index is 1.79. The fourth-order valence-corrected chi connectivity index (χ4v) is 2.32. The summed E-state index contributed by atoms with van der Waals surface area (Å²) >= 11 is 0. The van der Waals surface area contributed by atoms with E-state index in [1.165, 1.54) is 0 Å². The second-order valence-corrected chi connectivity index (χ2v) is 6.89. The molecule has 1 heterocycles. The Bertz CT molecular complexity index is 524. The Morgan fingerprint density at radius 1 is 1.39 bits per heavy atom. The minimum absolute atomic E-state index is 0.0930. The minimum atomic E-state index is -0.476. The molecule has 0 aromatic carbocycles. The first-order chi connectivity index (χ1) is 10.9. The molecule has 2 N–H and O–H groups in total. The molecule has 1 aliphatic rings. The SMILES string of the molecule is COc1cccc(CNCC(NC(=O)OC(C)(C)C)C2CC2)n1. The number of pyridine rings is 1. The Morgan fingerprint density at radius 3 is 2.74 bits per heavy atom. The predicted molar refractivity (Wildman–Crippen MR) is 88.4 cm³/mol. The summed E-state index contributed by atoms with van der Waals surface area (Å²) in [5.74, 6) is 1.14. The van der Waals surface area contributed by atoms with Gasteiger partial charge in [0.25, 0.3) is 0 Å². The fraction of sp³-hybridized carbons (Fsp3) is 0.647. The summed E-state index contributed by atoms with van der Waals surface area (Å²) in [7, 11) is 1.60. The van der Waals surface area contributed by atoms with Crippen LogP contribution < -0.4 is 15.4 Å². The van der Waals surface area contributed by atoms with Crippen LogP contribution in [0.2, 0.25) is 0 Å². The molecule has 23 heavy (non-hydrogen) atoms. The molecular formula is C17H27N3O3. The van der Waals surface area contributed by atoms with Crippen LogP contribution in [0, 0.1) is 5.92 Å². The first kappa shape index (κ1) is 17.5.